The third-order valence-electron chi connectivity index (χ3n) is 3.59. The topological polar surface area (TPSA) is 73.5 Å². The van der Waals surface area contributed by atoms with E-state index < -0.39 is 6.03 Å². The lowest BCUT2D eigenvalue weighted by molar-refractivity contribution is -0.121. The van der Waals surface area contributed by atoms with Gasteiger partial charge in [-0.15, -0.1) is 0 Å². The van der Waals surface area contributed by atoms with E-state index >= 15 is 0 Å². The minimum Gasteiger partial charge on any atom is -0.341 e. The van der Waals surface area contributed by atoms with Crippen LogP contribution in [0.15, 0.2) is 0 Å². The average molecular weight is 240 g/mol. The summed E-state index contributed by atoms with van der Waals surface area (Å²) in [5.41, 5.74) is 0. The number of hydrogen-bond acceptors (Lipinski definition) is 4. The van der Waals surface area contributed by atoms with E-state index in [0.717, 1.165) is 26.1 Å². The number of rotatable bonds is 2. The van der Waals surface area contributed by atoms with Gasteiger partial charge in [-0.2, -0.15) is 0 Å². The van der Waals surface area contributed by atoms with Gasteiger partial charge in [0.2, 0.25) is 5.91 Å². The van der Waals surface area contributed by atoms with Crippen molar-refractivity contribution in [1.29, 1.82) is 0 Å². The molecule has 0 aromatic carbocycles. The van der Waals surface area contributed by atoms with Crippen molar-refractivity contribution in [3.05, 3.63) is 0 Å². The first-order valence-electron chi connectivity index (χ1n) is 6.16. The quantitative estimate of drug-likeness (QED) is 0.586. The van der Waals surface area contributed by atoms with Gasteiger partial charge in [0.05, 0.1) is 6.54 Å². The molecule has 0 radical (unpaired) electrons. The highest BCUT2D eigenvalue weighted by molar-refractivity contribution is 5.95. The Labute approximate surface area is 101 Å². The second-order valence-corrected chi connectivity index (χ2v) is 4.76. The van der Waals surface area contributed by atoms with E-state index in [0.29, 0.717) is 18.5 Å². The molecule has 2 unspecified atom stereocenters. The van der Waals surface area contributed by atoms with Gasteiger partial charge >= 0.3 is 6.03 Å². The largest absolute Gasteiger partial charge is 0.341 e. The van der Waals surface area contributed by atoms with E-state index in [1.165, 1.54) is 13.5 Å². The highest BCUT2D eigenvalue weighted by Crippen LogP contribution is 2.24. The zero-order valence-corrected chi connectivity index (χ0v) is 10.2. The Morgan fingerprint density at radius 3 is 3.00 bits per heavy atom. The van der Waals surface area contributed by atoms with E-state index in [9.17, 15) is 9.59 Å². The first-order chi connectivity index (χ1) is 8.19. The SMILES string of the molecule is CNC(=O)NC(=O)CN1CCC2NCCC2C1. The Hall–Kier alpha value is -1.14. The first-order valence-corrected chi connectivity index (χ1v) is 6.16. The molecule has 0 spiro atoms. The van der Waals surface area contributed by atoms with Gasteiger partial charge in [0.15, 0.2) is 0 Å². The number of amides is 3. The molecule has 17 heavy (non-hydrogen) atoms. The summed E-state index contributed by atoms with van der Waals surface area (Å²) in [4.78, 5) is 24.6. The molecule has 0 aromatic rings. The molecule has 0 aliphatic carbocycles. The fourth-order valence-corrected chi connectivity index (χ4v) is 2.70. The Kier molecular flexibility index (Phi) is 3.96. The second-order valence-electron chi connectivity index (χ2n) is 4.76. The van der Waals surface area contributed by atoms with Gasteiger partial charge in [0.25, 0.3) is 0 Å². The molecular weight excluding hydrogens is 220 g/mol. The van der Waals surface area contributed by atoms with Crippen LogP contribution < -0.4 is 16.0 Å². The number of fused-ring (bicyclic) bond motifs is 1. The molecule has 0 saturated carbocycles. The number of hydrogen-bond donors (Lipinski definition) is 3. The highest BCUT2D eigenvalue weighted by Gasteiger charge is 2.32. The number of likely N-dealkylation sites (tertiary alicyclic amines) is 1. The van der Waals surface area contributed by atoms with E-state index in [1.54, 1.807) is 0 Å². The maximum absolute atomic E-state index is 11.5. The van der Waals surface area contributed by atoms with E-state index in [-0.39, 0.29) is 5.91 Å². The van der Waals surface area contributed by atoms with Gasteiger partial charge in [-0.25, -0.2) is 4.79 Å². The number of urea groups is 1. The van der Waals surface area contributed by atoms with Crippen LogP contribution in [-0.4, -0.2) is 56.1 Å². The fourth-order valence-electron chi connectivity index (χ4n) is 2.70. The van der Waals surface area contributed by atoms with Crippen molar-refractivity contribution in [2.75, 3.05) is 33.2 Å². The number of imide groups is 1. The lowest BCUT2D eigenvalue weighted by Crippen LogP contribution is -2.49. The van der Waals surface area contributed by atoms with Gasteiger partial charge in [0.1, 0.15) is 0 Å². The number of nitrogens with one attached hydrogen (secondary N) is 3. The standard InChI is InChI=1S/C11H20N4O2/c1-12-11(17)14-10(16)7-15-5-3-9-8(6-15)2-4-13-9/h8-9,13H,2-7H2,1H3,(H2,12,14,16,17). The predicted octanol–water partition coefficient (Wildman–Crippen LogP) is -0.874. The molecule has 6 heteroatoms. The van der Waals surface area contributed by atoms with Gasteiger partial charge < -0.3 is 10.6 Å². The maximum atomic E-state index is 11.5. The van der Waals surface area contributed by atoms with Crippen LogP contribution in [0.3, 0.4) is 0 Å². The Bertz CT molecular complexity index is 308. The summed E-state index contributed by atoms with van der Waals surface area (Å²) in [5.74, 6) is 0.435. The molecule has 6 nitrogen and oxygen atoms in total. The molecule has 96 valence electrons. The first kappa shape index (κ1) is 12.3. The van der Waals surface area contributed by atoms with Crippen molar-refractivity contribution < 1.29 is 9.59 Å². The minimum absolute atomic E-state index is 0.228. The van der Waals surface area contributed by atoms with Crippen molar-refractivity contribution >= 4 is 11.9 Å². The Morgan fingerprint density at radius 1 is 1.41 bits per heavy atom. The average Bonchev–Trinajstić information content (AvgIpc) is 2.75. The molecule has 2 atom stereocenters. The Balaban J connectivity index is 1.76. The van der Waals surface area contributed by atoms with Crippen LogP contribution in [0.25, 0.3) is 0 Å². The summed E-state index contributed by atoms with van der Waals surface area (Å²) in [6, 6.07) is 0.195. The number of nitrogens with zero attached hydrogens (tertiary/aromatic N) is 1. The summed E-state index contributed by atoms with van der Waals surface area (Å²) in [6.07, 6.45) is 2.29. The van der Waals surface area contributed by atoms with Gasteiger partial charge in [-0.1, -0.05) is 0 Å². The molecule has 2 aliphatic heterocycles. The van der Waals surface area contributed by atoms with Gasteiger partial charge in [0, 0.05) is 26.2 Å². The van der Waals surface area contributed by atoms with Crippen molar-refractivity contribution in [1.82, 2.24) is 20.9 Å². The molecule has 3 amide bonds. The van der Waals surface area contributed by atoms with E-state index in [4.69, 9.17) is 0 Å². The molecule has 3 N–H and O–H groups in total. The van der Waals surface area contributed by atoms with Crippen molar-refractivity contribution in [2.45, 2.75) is 18.9 Å². The number of carbonyl (C=O) groups is 2. The smallest absolute Gasteiger partial charge is 0.321 e. The molecule has 0 bridgehead atoms. The monoisotopic (exact) mass is 240 g/mol. The summed E-state index contributed by atoms with van der Waals surface area (Å²) in [5, 5.41) is 8.14. The third-order valence-corrected chi connectivity index (χ3v) is 3.59. The van der Waals surface area contributed by atoms with E-state index in [1.807, 2.05) is 0 Å². The highest BCUT2D eigenvalue weighted by atomic mass is 16.2. The van der Waals surface area contributed by atoms with Crippen molar-refractivity contribution in [3.8, 4) is 0 Å². The zero-order chi connectivity index (χ0) is 12.3. The summed E-state index contributed by atoms with van der Waals surface area (Å²) >= 11 is 0. The lowest BCUT2D eigenvalue weighted by atomic mass is 9.93. The molecule has 2 heterocycles. The summed E-state index contributed by atoms with van der Waals surface area (Å²) < 4.78 is 0. The fraction of sp³-hybridized carbons (Fsp3) is 0.818. The van der Waals surface area contributed by atoms with Crippen LogP contribution in [0.4, 0.5) is 4.79 Å². The number of carbonyl (C=O) groups excluding carboxylic acids is 2. The van der Waals surface area contributed by atoms with Gasteiger partial charge in [-0.3, -0.25) is 15.0 Å². The zero-order valence-electron chi connectivity index (χ0n) is 10.2. The summed E-state index contributed by atoms with van der Waals surface area (Å²) in [7, 11) is 1.50. The number of piperidine rings is 1. The van der Waals surface area contributed by atoms with Crippen molar-refractivity contribution in [2.24, 2.45) is 5.92 Å². The molecule has 2 saturated heterocycles. The molecule has 2 rings (SSSR count). The molecule has 2 aliphatic rings. The predicted molar refractivity (Wildman–Crippen MR) is 63.6 cm³/mol. The van der Waals surface area contributed by atoms with Crippen LogP contribution in [0, 0.1) is 5.92 Å². The third kappa shape index (κ3) is 3.17. The minimum atomic E-state index is -0.438. The second kappa shape index (κ2) is 5.46. The van der Waals surface area contributed by atoms with Crippen LogP contribution in [0.1, 0.15) is 12.8 Å². The van der Waals surface area contributed by atoms with Gasteiger partial charge in [-0.05, 0) is 25.3 Å². The molecular formula is C11H20N4O2. The lowest BCUT2D eigenvalue weighted by Gasteiger charge is -2.34. The van der Waals surface area contributed by atoms with Crippen LogP contribution >= 0.6 is 0 Å². The Morgan fingerprint density at radius 2 is 2.24 bits per heavy atom. The summed E-state index contributed by atoms with van der Waals surface area (Å²) in [6.45, 7) is 3.29. The maximum Gasteiger partial charge on any atom is 0.321 e. The molecule has 2 fully saturated rings. The van der Waals surface area contributed by atoms with Crippen LogP contribution in [0.5, 0.6) is 0 Å². The normalized spacial score (nSPS) is 28.5. The van der Waals surface area contributed by atoms with Crippen LogP contribution in [-0.2, 0) is 4.79 Å². The van der Waals surface area contributed by atoms with Crippen LogP contribution in [0.2, 0.25) is 0 Å². The molecule has 0 aromatic heterocycles. The van der Waals surface area contributed by atoms with E-state index in [2.05, 4.69) is 20.9 Å². The van der Waals surface area contributed by atoms with Crippen molar-refractivity contribution in [3.63, 3.8) is 0 Å².